The molecule has 0 amide bonds. The van der Waals surface area contributed by atoms with Gasteiger partial charge in [-0.2, -0.15) is 0 Å². The third-order valence-electron chi connectivity index (χ3n) is 9.93. The SMILES string of the molecule is Oc1c(O)c(O)c2c(c1O)Cc1c-2c(O)c(O)c(O)c1-c1c2c(O)c(O)c(O)c(O)c2c(-c2cccc(-c3ccccc3)c2)c2c(O)c(O)c(O)c(O)c12. The fraction of sp³-hybridized carbons (Fsp3) is 0.0256. The summed E-state index contributed by atoms with van der Waals surface area (Å²) in [7, 11) is 0. The highest BCUT2D eigenvalue weighted by Crippen LogP contribution is 2.67. The van der Waals surface area contributed by atoms with E-state index in [0.717, 1.165) is 0 Å². The second-order valence-corrected chi connectivity index (χ2v) is 12.7. The monoisotopic (exact) mass is 734 g/mol. The van der Waals surface area contributed by atoms with Gasteiger partial charge < -0.3 is 76.6 Å². The molecule has 7 aromatic carbocycles. The van der Waals surface area contributed by atoms with E-state index in [1.807, 2.05) is 0 Å². The van der Waals surface area contributed by atoms with E-state index < -0.39 is 136 Å². The quantitative estimate of drug-likeness (QED) is 0.0550. The Labute approximate surface area is 300 Å². The van der Waals surface area contributed by atoms with Gasteiger partial charge in [-0.3, -0.25) is 0 Å². The van der Waals surface area contributed by atoms with Gasteiger partial charge in [-0.05, 0) is 28.3 Å². The topological polar surface area (TPSA) is 303 Å². The van der Waals surface area contributed by atoms with Crippen LogP contribution >= 0.6 is 0 Å². The molecule has 0 aliphatic heterocycles. The Balaban J connectivity index is 1.66. The first kappa shape index (κ1) is 33.2. The lowest BCUT2D eigenvalue weighted by atomic mass is 9.81. The number of benzene rings is 7. The molecule has 8 rings (SSSR count). The molecule has 15 nitrogen and oxygen atoms in total. The molecule has 0 atom stereocenters. The number of phenols is 15. The van der Waals surface area contributed by atoms with Crippen LogP contribution < -0.4 is 0 Å². The van der Waals surface area contributed by atoms with Crippen molar-refractivity contribution in [1.29, 1.82) is 0 Å². The van der Waals surface area contributed by atoms with E-state index >= 15 is 0 Å². The molecule has 0 aromatic heterocycles. The Morgan fingerprint density at radius 1 is 0.259 bits per heavy atom. The van der Waals surface area contributed by atoms with Crippen LogP contribution in [0.4, 0.5) is 0 Å². The van der Waals surface area contributed by atoms with Gasteiger partial charge in [-0.1, -0.05) is 48.5 Å². The molecule has 272 valence electrons. The van der Waals surface area contributed by atoms with Gasteiger partial charge in [-0.15, -0.1) is 0 Å². The van der Waals surface area contributed by atoms with Gasteiger partial charge in [0.1, 0.15) is 0 Å². The van der Waals surface area contributed by atoms with E-state index in [0.29, 0.717) is 11.1 Å². The first-order valence-corrected chi connectivity index (χ1v) is 15.8. The number of fused-ring (bicyclic) bond motifs is 5. The summed E-state index contributed by atoms with van der Waals surface area (Å²) in [5, 5.41) is 164. The fourth-order valence-corrected chi connectivity index (χ4v) is 7.48. The second kappa shape index (κ2) is 11.0. The van der Waals surface area contributed by atoms with Crippen LogP contribution in [0.5, 0.6) is 86.2 Å². The maximum atomic E-state index is 11.6. The van der Waals surface area contributed by atoms with Crippen molar-refractivity contribution in [2.45, 2.75) is 6.42 Å². The van der Waals surface area contributed by atoms with Gasteiger partial charge in [0.15, 0.2) is 46.0 Å². The van der Waals surface area contributed by atoms with Crippen LogP contribution in [0.2, 0.25) is 0 Å². The van der Waals surface area contributed by atoms with Crippen molar-refractivity contribution in [1.82, 2.24) is 0 Å². The minimum absolute atomic E-state index is 0.0914. The first-order chi connectivity index (χ1) is 25.6. The van der Waals surface area contributed by atoms with Crippen molar-refractivity contribution in [3.63, 3.8) is 0 Å². The molecule has 15 N–H and O–H groups in total. The maximum absolute atomic E-state index is 11.6. The lowest BCUT2D eigenvalue weighted by molar-refractivity contribution is 0.345. The molecule has 0 saturated carbocycles. The van der Waals surface area contributed by atoms with Gasteiger partial charge in [0.2, 0.25) is 40.2 Å². The summed E-state index contributed by atoms with van der Waals surface area (Å²) in [6, 6.07) is 15.1. The summed E-state index contributed by atoms with van der Waals surface area (Å²) in [5.41, 5.74) is -2.21. The zero-order chi connectivity index (χ0) is 38.8. The number of hydrogen-bond donors (Lipinski definition) is 15. The van der Waals surface area contributed by atoms with Crippen molar-refractivity contribution in [2.75, 3.05) is 0 Å². The summed E-state index contributed by atoms with van der Waals surface area (Å²) in [4.78, 5) is 0. The Bertz CT molecular complexity index is 2760. The molecule has 1 aliphatic rings. The molecule has 0 spiro atoms. The van der Waals surface area contributed by atoms with Gasteiger partial charge in [0.25, 0.3) is 0 Å². The van der Waals surface area contributed by atoms with Gasteiger partial charge in [0, 0.05) is 61.3 Å². The highest BCUT2D eigenvalue weighted by molar-refractivity contribution is 6.30. The second-order valence-electron chi connectivity index (χ2n) is 12.7. The molecular weight excluding hydrogens is 708 g/mol. The van der Waals surface area contributed by atoms with Crippen molar-refractivity contribution in [3.8, 4) is 131 Å². The fourth-order valence-electron chi connectivity index (χ4n) is 7.48. The Kier molecular flexibility index (Phi) is 6.78. The average Bonchev–Trinajstić information content (AvgIpc) is 3.58. The Hall–Kier alpha value is -7.94. The van der Waals surface area contributed by atoms with Crippen LogP contribution in [-0.4, -0.2) is 76.6 Å². The molecular formula is C39H26O15. The largest absolute Gasteiger partial charge is 0.504 e. The van der Waals surface area contributed by atoms with E-state index in [-0.39, 0.29) is 22.3 Å². The average molecular weight is 735 g/mol. The van der Waals surface area contributed by atoms with E-state index in [9.17, 15) is 76.6 Å². The summed E-state index contributed by atoms with van der Waals surface area (Å²) >= 11 is 0. The van der Waals surface area contributed by atoms with Gasteiger partial charge in [-0.25, -0.2) is 0 Å². The van der Waals surface area contributed by atoms with Crippen LogP contribution in [0.25, 0.3) is 66.1 Å². The highest BCUT2D eigenvalue weighted by atomic mass is 16.4. The number of aromatic hydroxyl groups is 15. The Morgan fingerprint density at radius 3 is 1.11 bits per heavy atom. The molecule has 0 bridgehead atoms. The highest BCUT2D eigenvalue weighted by Gasteiger charge is 2.40. The van der Waals surface area contributed by atoms with Crippen molar-refractivity contribution >= 4 is 21.5 Å². The molecule has 0 heterocycles. The van der Waals surface area contributed by atoms with E-state index in [2.05, 4.69) is 0 Å². The van der Waals surface area contributed by atoms with Crippen LogP contribution in [0.15, 0.2) is 54.6 Å². The minimum Gasteiger partial charge on any atom is -0.504 e. The molecule has 1 aliphatic carbocycles. The summed E-state index contributed by atoms with van der Waals surface area (Å²) in [6.45, 7) is 0. The number of rotatable bonds is 3. The molecule has 0 fully saturated rings. The van der Waals surface area contributed by atoms with Crippen LogP contribution in [-0.2, 0) is 6.42 Å². The normalized spacial score (nSPS) is 12.0. The van der Waals surface area contributed by atoms with Crippen LogP contribution in [0.1, 0.15) is 11.1 Å². The first-order valence-electron chi connectivity index (χ1n) is 15.8. The van der Waals surface area contributed by atoms with Crippen LogP contribution in [0.3, 0.4) is 0 Å². The maximum Gasteiger partial charge on any atom is 0.204 e. The summed E-state index contributed by atoms with van der Waals surface area (Å²) in [5.74, 6) is -18.0. The number of hydrogen-bond acceptors (Lipinski definition) is 15. The smallest absolute Gasteiger partial charge is 0.204 e. The predicted octanol–water partition coefficient (Wildman–Crippen LogP) is 6.15. The summed E-state index contributed by atoms with van der Waals surface area (Å²) < 4.78 is 0. The molecule has 15 heteroatoms. The predicted molar refractivity (Wildman–Crippen MR) is 191 cm³/mol. The van der Waals surface area contributed by atoms with Gasteiger partial charge in [0.05, 0.1) is 0 Å². The Morgan fingerprint density at radius 2 is 0.611 bits per heavy atom. The van der Waals surface area contributed by atoms with Crippen molar-refractivity contribution in [3.05, 3.63) is 65.7 Å². The lowest BCUT2D eigenvalue weighted by Crippen LogP contribution is -1.98. The zero-order valence-electron chi connectivity index (χ0n) is 27.1. The van der Waals surface area contributed by atoms with E-state index in [4.69, 9.17) is 0 Å². The molecule has 54 heavy (non-hydrogen) atoms. The van der Waals surface area contributed by atoms with Crippen molar-refractivity contribution < 1.29 is 76.6 Å². The third-order valence-corrected chi connectivity index (χ3v) is 9.93. The van der Waals surface area contributed by atoms with E-state index in [1.165, 1.54) is 6.07 Å². The zero-order valence-corrected chi connectivity index (χ0v) is 27.1. The standard InChI is InChI=1S/C39H26O15/c40-25-15-10-14-17(19(15)28(43)35(50)33(25)48)26(41)34(49)27(42)18(14)20-23-21(29(44)36(51)38(53)31(23)46)16(22-24(20)32(47)39(54)37(52)30(22)45)13-8-4-7-12(9-13)11-5-2-1-3-6-11/h1-9,40-54H,10H2. The molecule has 0 saturated heterocycles. The van der Waals surface area contributed by atoms with Crippen molar-refractivity contribution in [2.24, 2.45) is 0 Å². The van der Waals surface area contributed by atoms with E-state index in [1.54, 1.807) is 48.5 Å². The molecule has 7 aromatic rings. The minimum atomic E-state index is -1.33. The lowest BCUT2D eigenvalue weighted by Gasteiger charge is -2.24. The molecule has 0 unspecified atom stereocenters. The number of phenolic OH excluding ortho intramolecular Hbond substituents is 15. The van der Waals surface area contributed by atoms with Crippen LogP contribution in [0, 0.1) is 0 Å². The third kappa shape index (κ3) is 4.05. The summed E-state index contributed by atoms with van der Waals surface area (Å²) in [6.07, 6.45) is -0.647. The molecule has 0 radical (unpaired) electrons. The van der Waals surface area contributed by atoms with Gasteiger partial charge >= 0.3 is 0 Å².